The van der Waals surface area contributed by atoms with Crippen molar-refractivity contribution < 1.29 is 15.0 Å². The van der Waals surface area contributed by atoms with Crippen LogP contribution in [0.25, 0.3) is 0 Å². The first-order valence-corrected chi connectivity index (χ1v) is 3.95. The molecule has 0 aliphatic heterocycles. The van der Waals surface area contributed by atoms with Gasteiger partial charge in [0.1, 0.15) is 11.1 Å². The maximum absolute atomic E-state index is 10.8. The number of carboxylic acids is 1. The van der Waals surface area contributed by atoms with Gasteiger partial charge in [0.15, 0.2) is 0 Å². The SMILES string of the molecule is NN=CC1(O)CCCC1(N)C(=O)O. The second kappa shape index (κ2) is 2.97. The summed E-state index contributed by atoms with van der Waals surface area (Å²) in [6, 6.07) is 0. The molecule has 0 spiro atoms. The Balaban J connectivity index is 3.03. The molecule has 0 aromatic carbocycles. The van der Waals surface area contributed by atoms with Crippen molar-refractivity contribution in [3.8, 4) is 0 Å². The van der Waals surface area contributed by atoms with Crippen molar-refractivity contribution in [2.75, 3.05) is 0 Å². The van der Waals surface area contributed by atoms with E-state index in [0.29, 0.717) is 6.42 Å². The van der Waals surface area contributed by atoms with E-state index >= 15 is 0 Å². The summed E-state index contributed by atoms with van der Waals surface area (Å²) in [4.78, 5) is 10.8. The third-order valence-corrected chi connectivity index (χ3v) is 2.57. The van der Waals surface area contributed by atoms with Crippen LogP contribution in [0.2, 0.25) is 0 Å². The van der Waals surface area contributed by atoms with Crippen molar-refractivity contribution in [2.24, 2.45) is 16.7 Å². The number of aliphatic carboxylic acids is 1. The second-order valence-electron chi connectivity index (χ2n) is 3.33. The summed E-state index contributed by atoms with van der Waals surface area (Å²) in [6.45, 7) is 0. The number of hydrazone groups is 1. The molecule has 1 fully saturated rings. The smallest absolute Gasteiger partial charge is 0.327 e. The zero-order valence-electron chi connectivity index (χ0n) is 7.10. The fourth-order valence-corrected chi connectivity index (χ4v) is 1.67. The molecule has 6 heteroatoms. The summed E-state index contributed by atoms with van der Waals surface area (Å²) in [7, 11) is 0. The Labute approximate surface area is 75.2 Å². The highest BCUT2D eigenvalue weighted by Crippen LogP contribution is 2.36. The molecule has 0 aromatic heterocycles. The van der Waals surface area contributed by atoms with Crippen LogP contribution in [0.4, 0.5) is 0 Å². The van der Waals surface area contributed by atoms with E-state index in [0.717, 1.165) is 6.21 Å². The van der Waals surface area contributed by atoms with E-state index < -0.39 is 17.1 Å². The van der Waals surface area contributed by atoms with Gasteiger partial charge in [0, 0.05) is 0 Å². The fraction of sp³-hybridized carbons (Fsp3) is 0.714. The van der Waals surface area contributed by atoms with Crippen LogP contribution in [0.3, 0.4) is 0 Å². The predicted molar refractivity (Wildman–Crippen MR) is 46.0 cm³/mol. The fourth-order valence-electron chi connectivity index (χ4n) is 1.67. The standard InChI is InChI=1S/C7H13N3O3/c8-7(5(11)12)3-1-2-6(7,13)4-10-9/h4,13H,1-3,8-9H2,(H,11,12). The number of nitrogens with two attached hydrogens (primary N) is 2. The zero-order chi connectivity index (χ0) is 10.1. The molecule has 6 nitrogen and oxygen atoms in total. The highest BCUT2D eigenvalue weighted by molar-refractivity contribution is 5.89. The Morgan fingerprint density at radius 3 is 2.62 bits per heavy atom. The average molecular weight is 187 g/mol. The van der Waals surface area contributed by atoms with Crippen LogP contribution in [-0.2, 0) is 4.79 Å². The summed E-state index contributed by atoms with van der Waals surface area (Å²) < 4.78 is 0. The van der Waals surface area contributed by atoms with E-state index in [2.05, 4.69) is 5.10 Å². The molecule has 1 aliphatic rings. The van der Waals surface area contributed by atoms with Crippen LogP contribution in [0.5, 0.6) is 0 Å². The molecule has 2 atom stereocenters. The van der Waals surface area contributed by atoms with E-state index in [1.165, 1.54) is 0 Å². The molecule has 0 aromatic rings. The highest BCUT2D eigenvalue weighted by atomic mass is 16.4. The molecule has 13 heavy (non-hydrogen) atoms. The van der Waals surface area contributed by atoms with Gasteiger partial charge in [0.2, 0.25) is 0 Å². The summed E-state index contributed by atoms with van der Waals surface area (Å²) in [5.74, 6) is 3.65. The lowest BCUT2D eigenvalue weighted by molar-refractivity contribution is -0.148. The molecule has 0 saturated heterocycles. The van der Waals surface area contributed by atoms with Gasteiger partial charge in [-0.1, -0.05) is 0 Å². The number of aliphatic hydroxyl groups is 1. The number of carboxylic acid groups (broad SMARTS) is 1. The van der Waals surface area contributed by atoms with Gasteiger partial charge in [-0.15, -0.1) is 0 Å². The van der Waals surface area contributed by atoms with E-state index in [1.807, 2.05) is 0 Å². The van der Waals surface area contributed by atoms with E-state index in [-0.39, 0.29) is 12.8 Å². The number of hydrogen-bond donors (Lipinski definition) is 4. The molecule has 0 heterocycles. The van der Waals surface area contributed by atoms with Crippen LogP contribution in [0.15, 0.2) is 5.10 Å². The number of rotatable bonds is 2. The maximum Gasteiger partial charge on any atom is 0.327 e. The Kier molecular flexibility index (Phi) is 2.27. The van der Waals surface area contributed by atoms with Crippen LogP contribution in [0, 0.1) is 0 Å². The number of carbonyl (C=O) groups is 1. The minimum absolute atomic E-state index is 0.227. The predicted octanol–water partition coefficient (Wildman–Crippen LogP) is -1.37. The third kappa shape index (κ3) is 1.27. The summed E-state index contributed by atoms with van der Waals surface area (Å²) >= 11 is 0. The maximum atomic E-state index is 10.8. The lowest BCUT2D eigenvalue weighted by Crippen LogP contribution is -2.63. The molecular weight excluding hydrogens is 174 g/mol. The first-order valence-electron chi connectivity index (χ1n) is 3.95. The largest absolute Gasteiger partial charge is 0.480 e. The molecule has 74 valence electrons. The third-order valence-electron chi connectivity index (χ3n) is 2.57. The van der Waals surface area contributed by atoms with Gasteiger partial charge >= 0.3 is 5.97 Å². The van der Waals surface area contributed by atoms with Gasteiger partial charge in [0.05, 0.1) is 6.21 Å². The molecule has 0 radical (unpaired) electrons. The summed E-state index contributed by atoms with van der Waals surface area (Å²) in [5, 5.41) is 21.8. The normalized spacial score (nSPS) is 39.8. The van der Waals surface area contributed by atoms with Gasteiger partial charge in [-0.05, 0) is 19.3 Å². The number of nitrogens with zero attached hydrogens (tertiary/aromatic N) is 1. The Bertz CT molecular complexity index is 255. The van der Waals surface area contributed by atoms with Crippen molar-refractivity contribution in [2.45, 2.75) is 30.4 Å². The van der Waals surface area contributed by atoms with Crippen molar-refractivity contribution in [3.63, 3.8) is 0 Å². The molecule has 1 saturated carbocycles. The van der Waals surface area contributed by atoms with Crippen LogP contribution in [-0.4, -0.2) is 33.5 Å². The molecule has 1 rings (SSSR count). The molecule has 0 bridgehead atoms. The van der Waals surface area contributed by atoms with Gasteiger partial charge < -0.3 is 21.8 Å². The van der Waals surface area contributed by atoms with Gasteiger partial charge in [-0.2, -0.15) is 5.10 Å². The number of hydrogen-bond acceptors (Lipinski definition) is 5. The van der Waals surface area contributed by atoms with Crippen molar-refractivity contribution in [1.82, 2.24) is 0 Å². The quantitative estimate of drug-likeness (QED) is 0.241. The lowest BCUT2D eigenvalue weighted by atomic mass is 9.84. The summed E-state index contributed by atoms with van der Waals surface area (Å²) in [6.07, 6.45) is 2.06. The van der Waals surface area contributed by atoms with Crippen LogP contribution >= 0.6 is 0 Å². The minimum atomic E-state index is -1.66. The summed E-state index contributed by atoms with van der Waals surface area (Å²) in [5.41, 5.74) is 2.30. The zero-order valence-corrected chi connectivity index (χ0v) is 7.10. The first-order chi connectivity index (χ1) is 5.96. The molecular formula is C7H13N3O3. The van der Waals surface area contributed by atoms with Crippen molar-refractivity contribution in [1.29, 1.82) is 0 Å². The first kappa shape index (κ1) is 9.94. The Morgan fingerprint density at radius 2 is 2.15 bits per heavy atom. The Morgan fingerprint density at radius 1 is 1.54 bits per heavy atom. The molecule has 0 amide bonds. The van der Waals surface area contributed by atoms with Gasteiger partial charge in [0.25, 0.3) is 0 Å². The van der Waals surface area contributed by atoms with Crippen molar-refractivity contribution >= 4 is 12.2 Å². The van der Waals surface area contributed by atoms with E-state index in [4.69, 9.17) is 16.7 Å². The average Bonchev–Trinajstić information content (AvgIpc) is 2.30. The van der Waals surface area contributed by atoms with Crippen molar-refractivity contribution in [3.05, 3.63) is 0 Å². The van der Waals surface area contributed by atoms with E-state index in [1.54, 1.807) is 0 Å². The molecule has 1 aliphatic carbocycles. The van der Waals surface area contributed by atoms with Crippen LogP contribution < -0.4 is 11.6 Å². The second-order valence-corrected chi connectivity index (χ2v) is 3.33. The van der Waals surface area contributed by atoms with Crippen LogP contribution in [0.1, 0.15) is 19.3 Å². The van der Waals surface area contributed by atoms with E-state index in [9.17, 15) is 9.90 Å². The van der Waals surface area contributed by atoms with Gasteiger partial charge in [-0.25, -0.2) is 0 Å². The topological polar surface area (TPSA) is 122 Å². The molecule has 6 N–H and O–H groups in total. The Hall–Kier alpha value is -1.14. The molecule has 2 unspecified atom stereocenters. The van der Waals surface area contributed by atoms with Gasteiger partial charge in [-0.3, -0.25) is 4.79 Å². The minimum Gasteiger partial charge on any atom is -0.480 e. The highest BCUT2D eigenvalue weighted by Gasteiger charge is 2.56. The lowest BCUT2D eigenvalue weighted by Gasteiger charge is -2.31. The monoisotopic (exact) mass is 187 g/mol.